The van der Waals surface area contributed by atoms with Crippen LogP contribution in [0.1, 0.15) is 32.8 Å². The molecule has 2 heterocycles. The van der Waals surface area contributed by atoms with E-state index in [1.54, 1.807) is 6.20 Å². The van der Waals surface area contributed by atoms with Crippen LogP contribution in [0, 0.1) is 0 Å². The lowest BCUT2D eigenvalue weighted by Crippen LogP contribution is -2.40. The molecule has 34 heavy (non-hydrogen) atoms. The molecule has 7 heteroatoms. The van der Waals surface area contributed by atoms with Gasteiger partial charge in [0.1, 0.15) is 12.1 Å². The van der Waals surface area contributed by atoms with E-state index in [0.29, 0.717) is 18.1 Å². The Morgan fingerprint density at radius 2 is 1.79 bits per heavy atom. The number of carbonyl (C=O) groups is 1. The minimum absolute atomic E-state index is 0.0945. The average molecular weight is 460 g/mol. The second-order valence-corrected chi connectivity index (χ2v) is 8.94. The summed E-state index contributed by atoms with van der Waals surface area (Å²) in [5.41, 5.74) is 2.64. The fourth-order valence-corrected chi connectivity index (χ4v) is 4.43. The molecule has 0 radical (unpaired) electrons. The van der Waals surface area contributed by atoms with Crippen molar-refractivity contribution in [1.29, 1.82) is 0 Å². The highest BCUT2D eigenvalue weighted by molar-refractivity contribution is 6.07. The number of rotatable bonds is 10. The number of carbonyl (C=O) groups excluding carboxylic acids is 1. The van der Waals surface area contributed by atoms with Crippen molar-refractivity contribution in [2.24, 2.45) is 0 Å². The van der Waals surface area contributed by atoms with Crippen LogP contribution in [0.4, 0.5) is 0 Å². The summed E-state index contributed by atoms with van der Waals surface area (Å²) in [6.45, 7) is 9.10. The summed E-state index contributed by atoms with van der Waals surface area (Å²) < 4.78 is 3.32. The van der Waals surface area contributed by atoms with Gasteiger partial charge in [-0.15, -0.1) is 0 Å². The lowest BCUT2D eigenvalue weighted by atomic mass is 10.2. The largest absolute Gasteiger partial charge is 0.353 e. The number of aryl methyl sites for hydroxylation is 1. The van der Waals surface area contributed by atoms with Crippen LogP contribution in [0.5, 0.6) is 0 Å². The Hall–Kier alpha value is -3.45. The standard InChI is InChI=1S/C27H33N5O2/c1-4-15-31-24-13-9-8-12-22(24)23-17-29-32(27(34)26(23)31)19-25(33)28-14-16-30(20(2)3)18-21-10-6-5-7-11-21/h5-13,17,20H,4,14-16,18-19H2,1-3H3,(H,28,33). The van der Waals surface area contributed by atoms with E-state index in [-0.39, 0.29) is 18.0 Å². The van der Waals surface area contributed by atoms with Crippen molar-refractivity contribution in [3.05, 3.63) is 76.7 Å². The molecule has 0 aliphatic rings. The number of amides is 1. The molecule has 0 aliphatic heterocycles. The van der Waals surface area contributed by atoms with Crippen LogP contribution in [0.25, 0.3) is 21.8 Å². The summed E-state index contributed by atoms with van der Waals surface area (Å²) in [4.78, 5) is 28.3. The molecule has 2 aromatic carbocycles. The van der Waals surface area contributed by atoms with Gasteiger partial charge in [-0.2, -0.15) is 5.10 Å². The van der Waals surface area contributed by atoms with E-state index in [0.717, 1.165) is 42.3 Å². The quantitative estimate of drug-likeness (QED) is 0.392. The van der Waals surface area contributed by atoms with Gasteiger partial charge in [0.05, 0.1) is 6.20 Å². The number of nitrogens with one attached hydrogen (secondary N) is 1. The first-order valence-electron chi connectivity index (χ1n) is 12.0. The van der Waals surface area contributed by atoms with Crippen LogP contribution >= 0.6 is 0 Å². The Morgan fingerprint density at radius 1 is 1.06 bits per heavy atom. The number of fused-ring (bicyclic) bond motifs is 3. The van der Waals surface area contributed by atoms with Gasteiger partial charge in [0.15, 0.2) is 0 Å². The number of aromatic nitrogens is 3. The fraction of sp³-hybridized carbons (Fsp3) is 0.370. The van der Waals surface area contributed by atoms with Crippen LogP contribution in [0.3, 0.4) is 0 Å². The number of hydrogen-bond donors (Lipinski definition) is 1. The molecule has 178 valence electrons. The number of para-hydroxylation sites is 1. The predicted octanol–water partition coefficient (Wildman–Crippen LogP) is 3.79. The van der Waals surface area contributed by atoms with Gasteiger partial charge in [0.25, 0.3) is 5.56 Å². The van der Waals surface area contributed by atoms with Crippen molar-refractivity contribution in [1.82, 2.24) is 24.6 Å². The summed E-state index contributed by atoms with van der Waals surface area (Å²) in [6, 6.07) is 18.6. The molecule has 0 spiro atoms. The minimum Gasteiger partial charge on any atom is -0.353 e. The van der Waals surface area contributed by atoms with Gasteiger partial charge in [-0.1, -0.05) is 55.5 Å². The second-order valence-electron chi connectivity index (χ2n) is 8.94. The summed E-state index contributed by atoms with van der Waals surface area (Å²) in [5, 5.41) is 9.12. The van der Waals surface area contributed by atoms with Crippen LogP contribution in [0.2, 0.25) is 0 Å². The van der Waals surface area contributed by atoms with E-state index in [9.17, 15) is 9.59 Å². The molecule has 0 bridgehead atoms. The Kier molecular flexibility index (Phi) is 7.43. The molecule has 0 aliphatic carbocycles. The maximum atomic E-state index is 13.3. The average Bonchev–Trinajstić information content (AvgIpc) is 3.15. The van der Waals surface area contributed by atoms with Crippen molar-refractivity contribution < 1.29 is 4.79 Å². The van der Waals surface area contributed by atoms with Crippen LogP contribution in [-0.2, 0) is 24.4 Å². The molecule has 0 unspecified atom stereocenters. The summed E-state index contributed by atoms with van der Waals surface area (Å²) >= 11 is 0. The lowest BCUT2D eigenvalue weighted by Gasteiger charge is -2.26. The topological polar surface area (TPSA) is 72.2 Å². The molecular formula is C27H33N5O2. The van der Waals surface area contributed by atoms with Crippen molar-refractivity contribution in [3.63, 3.8) is 0 Å². The summed E-state index contributed by atoms with van der Waals surface area (Å²) in [5.74, 6) is -0.212. The molecule has 4 aromatic rings. The molecule has 1 N–H and O–H groups in total. The van der Waals surface area contributed by atoms with E-state index in [4.69, 9.17) is 0 Å². The van der Waals surface area contributed by atoms with Gasteiger partial charge >= 0.3 is 0 Å². The van der Waals surface area contributed by atoms with Crippen LogP contribution in [0.15, 0.2) is 65.6 Å². The van der Waals surface area contributed by atoms with Gasteiger partial charge in [0.2, 0.25) is 5.91 Å². The minimum atomic E-state index is -0.231. The highest BCUT2D eigenvalue weighted by Crippen LogP contribution is 2.26. The zero-order valence-corrected chi connectivity index (χ0v) is 20.2. The highest BCUT2D eigenvalue weighted by Gasteiger charge is 2.17. The summed E-state index contributed by atoms with van der Waals surface area (Å²) in [7, 11) is 0. The number of hydrogen-bond acceptors (Lipinski definition) is 4. The third-order valence-corrected chi connectivity index (χ3v) is 6.19. The molecule has 1 amide bonds. The molecule has 4 rings (SSSR count). The first kappa shape index (κ1) is 23.7. The van der Waals surface area contributed by atoms with Gasteiger partial charge < -0.3 is 9.88 Å². The molecule has 0 saturated heterocycles. The van der Waals surface area contributed by atoms with E-state index in [1.807, 2.05) is 47.0 Å². The molecular weight excluding hydrogens is 426 g/mol. The zero-order valence-electron chi connectivity index (χ0n) is 20.2. The third-order valence-electron chi connectivity index (χ3n) is 6.19. The second kappa shape index (κ2) is 10.7. The normalized spacial score (nSPS) is 11.7. The third kappa shape index (κ3) is 5.04. The van der Waals surface area contributed by atoms with Gasteiger partial charge in [-0.3, -0.25) is 14.5 Å². The van der Waals surface area contributed by atoms with Crippen molar-refractivity contribution in [2.75, 3.05) is 13.1 Å². The number of benzene rings is 2. The van der Waals surface area contributed by atoms with Crippen LogP contribution < -0.4 is 10.9 Å². The molecule has 0 atom stereocenters. The monoisotopic (exact) mass is 459 g/mol. The van der Waals surface area contributed by atoms with Crippen LogP contribution in [-0.4, -0.2) is 44.3 Å². The zero-order chi connectivity index (χ0) is 24.1. The molecule has 0 saturated carbocycles. The SMILES string of the molecule is CCCn1c2ccccc2c2cnn(CC(=O)NCCN(Cc3ccccc3)C(C)C)c(=O)c21. The molecule has 2 aromatic heterocycles. The van der Waals surface area contributed by atoms with Crippen molar-refractivity contribution in [2.45, 2.75) is 52.9 Å². The molecule has 7 nitrogen and oxygen atoms in total. The first-order valence-corrected chi connectivity index (χ1v) is 12.0. The predicted molar refractivity (Wildman–Crippen MR) is 137 cm³/mol. The van der Waals surface area contributed by atoms with Gasteiger partial charge in [-0.25, -0.2) is 4.68 Å². The van der Waals surface area contributed by atoms with Crippen molar-refractivity contribution >= 4 is 27.7 Å². The Bertz CT molecular complexity index is 1320. The van der Waals surface area contributed by atoms with E-state index in [2.05, 4.69) is 48.2 Å². The maximum Gasteiger partial charge on any atom is 0.291 e. The van der Waals surface area contributed by atoms with E-state index >= 15 is 0 Å². The van der Waals surface area contributed by atoms with E-state index in [1.165, 1.54) is 10.2 Å². The first-order chi connectivity index (χ1) is 16.5. The Labute approximate surface area is 200 Å². The lowest BCUT2D eigenvalue weighted by molar-refractivity contribution is -0.122. The van der Waals surface area contributed by atoms with Gasteiger partial charge in [0, 0.05) is 48.5 Å². The highest BCUT2D eigenvalue weighted by atomic mass is 16.2. The fourth-order valence-electron chi connectivity index (χ4n) is 4.43. The maximum absolute atomic E-state index is 13.3. The molecule has 0 fully saturated rings. The van der Waals surface area contributed by atoms with E-state index < -0.39 is 0 Å². The van der Waals surface area contributed by atoms with Crippen molar-refractivity contribution in [3.8, 4) is 0 Å². The Morgan fingerprint density at radius 3 is 2.53 bits per heavy atom. The summed E-state index contributed by atoms with van der Waals surface area (Å²) in [6.07, 6.45) is 2.62. The van der Waals surface area contributed by atoms with Gasteiger partial charge in [-0.05, 0) is 31.9 Å². The number of nitrogens with zero attached hydrogens (tertiary/aromatic N) is 4. The Balaban J connectivity index is 1.45. The smallest absolute Gasteiger partial charge is 0.291 e.